The van der Waals surface area contributed by atoms with Gasteiger partial charge in [-0.25, -0.2) is 0 Å². The van der Waals surface area contributed by atoms with Gasteiger partial charge >= 0.3 is 0 Å². The van der Waals surface area contributed by atoms with Crippen molar-refractivity contribution in [1.29, 1.82) is 0 Å². The number of carbonyl (C=O) groups is 1. The summed E-state index contributed by atoms with van der Waals surface area (Å²) in [6, 6.07) is 25.3. The van der Waals surface area contributed by atoms with Crippen molar-refractivity contribution in [1.82, 2.24) is 4.98 Å². The van der Waals surface area contributed by atoms with Crippen molar-refractivity contribution < 1.29 is 9.21 Å². The second-order valence-electron chi connectivity index (χ2n) is 5.51. The monoisotopic (exact) mass is 313 g/mol. The largest absolute Gasteiger partial charge is 0.461 e. The molecular weight excluding hydrogens is 298 g/mol. The van der Waals surface area contributed by atoms with E-state index in [9.17, 15) is 4.79 Å². The van der Waals surface area contributed by atoms with Gasteiger partial charge in [0.2, 0.25) is 5.78 Å². The van der Waals surface area contributed by atoms with Crippen LogP contribution in [0.4, 0.5) is 0 Å². The lowest BCUT2D eigenvalue weighted by atomic mass is 10.0. The van der Waals surface area contributed by atoms with Crippen molar-refractivity contribution in [3.8, 4) is 22.4 Å². The van der Waals surface area contributed by atoms with E-state index in [0.29, 0.717) is 11.5 Å². The van der Waals surface area contributed by atoms with E-state index in [0.717, 1.165) is 22.4 Å². The Hall–Kier alpha value is -3.33. The Morgan fingerprint density at radius 3 is 2.08 bits per heavy atom. The highest BCUT2D eigenvalue weighted by molar-refractivity contribution is 6.10. The molecule has 0 bridgehead atoms. The van der Waals surface area contributed by atoms with E-state index in [-0.39, 0.29) is 5.78 Å². The predicted octanol–water partition coefficient (Wildman–Crippen LogP) is 5.17. The molecule has 0 radical (unpaired) electrons. The van der Waals surface area contributed by atoms with Crippen molar-refractivity contribution in [3.05, 3.63) is 96.6 Å². The first kappa shape index (κ1) is 14.3. The summed E-state index contributed by atoms with van der Waals surface area (Å²) in [6.07, 6.45) is 1.51. The van der Waals surface area contributed by atoms with Crippen molar-refractivity contribution in [2.75, 3.05) is 0 Å². The second kappa shape index (κ2) is 6.05. The van der Waals surface area contributed by atoms with Gasteiger partial charge in [-0.05, 0) is 29.3 Å². The third-order valence-electron chi connectivity index (χ3n) is 3.96. The Kier molecular flexibility index (Phi) is 3.60. The molecular formula is C21H15NO2. The van der Waals surface area contributed by atoms with E-state index < -0.39 is 0 Å². The van der Waals surface area contributed by atoms with Gasteiger partial charge in [0.1, 0.15) is 0 Å². The van der Waals surface area contributed by atoms with Crippen LogP contribution in [-0.4, -0.2) is 10.8 Å². The standard InChI is InChI=1S/C21H15NO2/c23-21(19-12-7-13-24-19)20-17(15-8-3-1-4-9-15)14-18(22-20)16-10-5-2-6-11-16/h1-14,22H. The van der Waals surface area contributed by atoms with Crippen LogP contribution in [0.3, 0.4) is 0 Å². The molecule has 2 heterocycles. The Labute approximate surface area is 139 Å². The van der Waals surface area contributed by atoms with E-state index in [1.54, 1.807) is 12.1 Å². The molecule has 2 aromatic heterocycles. The predicted molar refractivity (Wildman–Crippen MR) is 93.8 cm³/mol. The molecule has 3 heteroatoms. The Balaban J connectivity index is 1.88. The summed E-state index contributed by atoms with van der Waals surface area (Å²) < 4.78 is 5.29. The number of ketones is 1. The molecule has 116 valence electrons. The highest BCUT2D eigenvalue weighted by Gasteiger charge is 2.20. The number of furan rings is 1. The second-order valence-corrected chi connectivity index (χ2v) is 5.51. The number of H-pyrrole nitrogens is 1. The minimum absolute atomic E-state index is 0.152. The summed E-state index contributed by atoms with van der Waals surface area (Å²) in [7, 11) is 0. The van der Waals surface area contributed by atoms with Gasteiger partial charge in [-0.3, -0.25) is 4.79 Å². The molecule has 0 saturated heterocycles. The average Bonchev–Trinajstić information content (AvgIpc) is 3.33. The van der Waals surface area contributed by atoms with Gasteiger partial charge < -0.3 is 9.40 Å². The number of rotatable bonds is 4. The van der Waals surface area contributed by atoms with Gasteiger partial charge in [-0.1, -0.05) is 60.7 Å². The lowest BCUT2D eigenvalue weighted by Gasteiger charge is -2.01. The number of nitrogens with one attached hydrogen (secondary N) is 1. The van der Waals surface area contributed by atoms with Crippen LogP contribution in [0.1, 0.15) is 16.2 Å². The van der Waals surface area contributed by atoms with Crippen LogP contribution >= 0.6 is 0 Å². The molecule has 2 aromatic carbocycles. The molecule has 0 atom stereocenters. The number of aromatic amines is 1. The van der Waals surface area contributed by atoms with E-state index >= 15 is 0 Å². The van der Waals surface area contributed by atoms with Gasteiger partial charge in [-0.15, -0.1) is 0 Å². The summed E-state index contributed by atoms with van der Waals surface area (Å²) in [5.41, 5.74) is 4.34. The van der Waals surface area contributed by atoms with E-state index in [1.807, 2.05) is 66.7 Å². The van der Waals surface area contributed by atoms with Crippen LogP contribution in [0.25, 0.3) is 22.4 Å². The van der Waals surface area contributed by atoms with Crippen molar-refractivity contribution >= 4 is 5.78 Å². The third-order valence-corrected chi connectivity index (χ3v) is 3.96. The number of aromatic nitrogens is 1. The maximum atomic E-state index is 12.8. The van der Waals surface area contributed by atoms with Crippen molar-refractivity contribution in [2.24, 2.45) is 0 Å². The van der Waals surface area contributed by atoms with Crippen LogP contribution in [0.5, 0.6) is 0 Å². The minimum atomic E-state index is -0.152. The fourth-order valence-corrected chi connectivity index (χ4v) is 2.78. The molecule has 0 saturated carbocycles. The van der Waals surface area contributed by atoms with Crippen molar-refractivity contribution in [3.63, 3.8) is 0 Å². The third kappa shape index (κ3) is 2.57. The zero-order chi connectivity index (χ0) is 16.4. The molecule has 1 N–H and O–H groups in total. The molecule has 0 aliphatic heterocycles. The number of hydrogen-bond donors (Lipinski definition) is 1. The summed E-state index contributed by atoms with van der Waals surface area (Å²) >= 11 is 0. The van der Waals surface area contributed by atoms with Gasteiger partial charge in [0.05, 0.1) is 12.0 Å². The topological polar surface area (TPSA) is 46.0 Å². The Bertz CT molecular complexity index is 952. The van der Waals surface area contributed by atoms with E-state index in [4.69, 9.17) is 4.42 Å². The maximum absolute atomic E-state index is 12.8. The quantitative estimate of drug-likeness (QED) is 0.528. The summed E-state index contributed by atoms with van der Waals surface area (Å²) in [6.45, 7) is 0. The zero-order valence-electron chi connectivity index (χ0n) is 12.9. The molecule has 0 spiro atoms. The van der Waals surface area contributed by atoms with Gasteiger partial charge in [0.15, 0.2) is 5.76 Å². The lowest BCUT2D eigenvalue weighted by molar-refractivity contribution is 0.101. The summed E-state index contributed by atoms with van der Waals surface area (Å²) in [5.74, 6) is 0.176. The Morgan fingerprint density at radius 2 is 1.46 bits per heavy atom. The molecule has 0 aliphatic carbocycles. The minimum Gasteiger partial charge on any atom is -0.461 e. The van der Waals surface area contributed by atoms with Crippen molar-refractivity contribution in [2.45, 2.75) is 0 Å². The highest BCUT2D eigenvalue weighted by Crippen LogP contribution is 2.31. The molecule has 4 rings (SSSR count). The van der Waals surface area contributed by atoms with Crippen LogP contribution in [0.15, 0.2) is 89.5 Å². The number of hydrogen-bond acceptors (Lipinski definition) is 2. The van der Waals surface area contributed by atoms with Gasteiger partial charge in [-0.2, -0.15) is 0 Å². The first-order chi connectivity index (χ1) is 11.8. The summed E-state index contributed by atoms with van der Waals surface area (Å²) in [5, 5.41) is 0. The molecule has 3 nitrogen and oxygen atoms in total. The van der Waals surface area contributed by atoms with Crippen LogP contribution in [-0.2, 0) is 0 Å². The SMILES string of the molecule is O=C(c1ccco1)c1[nH]c(-c2ccccc2)cc1-c1ccccc1. The van der Waals surface area contributed by atoms with E-state index in [1.165, 1.54) is 6.26 Å². The molecule has 0 fully saturated rings. The van der Waals surface area contributed by atoms with Gasteiger partial charge in [0, 0.05) is 11.3 Å². The lowest BCUT2D eigenvalue weighted by Crippen LogP contribution is -2.02. The van der Waals surface area contributed by atoms with Crippen LogP contribution in [0.2, 0.25) is 0 Å². The normalized spacial score (nSPS) is 10.7. The summed E-state index contributed by atoms with van der Waals surface area (Å²) in [4.78, 5) is 16.1. The maximum Gasteiger partial charge on any atom is 0.244 e. The zero-order valence-corrected chi connectivity index (χ0v) is 12.9. The fourth-order valence-electron chi connectivity index (χ4n) is 2.78. The smallest absolute Gasteiger partial charge is 0.244 e. The molecule has 4 aromatic rings. The fraction of sp³-hybridized carbons (Fsp3) is 0. The highest BCUT2D eigenvalue weighted by atomic mass is 16.3. The average molecular weight is 313 g/mol. The molecule has 24 heavy (non-hydrogen) atoms. The number of carbonyl (C=O) groups excluding carboxylic acids is 1. The molecule has 0 amide bonds. The molecule has 0 unspecified atom stereocenters. The number of benzene rings is 2. The molecule has 0 aliphatic rings. The van der Waals surface area contributed by atoms with E-state index in [2.05, 4.69) is 4.98 Å². The first-order valence-electron chi connectivity index (χ1n) is 7.75. The van der Waals surface area contributed by atoms with Crippen LogP contribution < -0.4 is 0 Å². The van der Waals surface area contributed by atoms with Gasteiger partial charge in [0.25, 0.3) is 0 Å². The first-order valence-corrected chi connectivity index (χ1v) is 7.75. The Morgan fingerprint density at radius 1 is 0.792 bits per heavy atom. The van der Waals surface area contributed by atoms with Crippen LogP contribution in [0, 0.1) is 0 Å².